The summed E-state index contributed by atoms with van der Waals surface area (Å²) in [6.45, 7) is 1.10. The molecule has 0 bridgehead atoms. The normalized spacial score (nSPS) is 14.6. The van der Waals surface area contributed by atoms with Crippen LogP contribution in [0.15, 0.2) is 0 Å². The third-order valence-electron chi connectivity index (χ3n) is 2.21. The van der Waals surface area contributed by atoms with Crippen molar-refractivity contribution in [2.75, 3.05) is 12.9 Å². The van der Waals surface area contributed by atoms with Gasteiger partial charge in [0.05, 0.1) is 7.11 Å². The molecule has 0 aliphatic carbocycles. The Morgan fingerprint density at radius 3 is 2.00 bits per heavy atom. The first-order chi connectivity index (χ1) is 10.3. The monoisotopic (exact) mass is 370 g/mol. The number of halogens is 6. The van der Waals surface area contributed by atoms with Gasteiger partial charge in [-0.25, -0.2) is 4.79 Å². The lowest BCUT2D eigenvalue weighted by molar-refractivity contribution is -0.174. The van der Waals surface area contributed by atoms with Crippen molar-refractivity contribution in [1.82, 2.24) is 10.6 Å². The molecule has 0 saturated heterocycles. The fourth-order valence-electron chi connectivity index (χ4n) is 1.15. The van der Waals surface area contributed by atoms with Crippen molar-refractivity contribution in [3.63, 3.8) is 0 Å². The van der Waals surface area contributed by atoms with Gasteiger partial charge in [-0.05, 0) is 18.7 Å². The van der Waals surface area contributed by atoms with Gasteiger partial charge in [0.15, 0.2) is 0 Å². The van der Waals surface area contributed by atoms with Crippen molar-refractivity contribution in [3.05, 3.63) is 0 Å². The van der Waals surface area contributed by atoms with Gasteiger partial charge in [0.25, 0.3) is 0 Å². The van der Waals surface area contributed by atoms with E-state index in [1.54, 1.807) is 0 Å². The molecule has 0 aromatic rings. The second-order valence-electron chi connectivity index (χ2n) is 4.03. The Morgan fingerprint density at radius 2 is 1.61 bits per heavy atom. The van der Waals surface area contributed by atoms with Crippen molar-refractivity contribution >= 4 is 29.5 Å². The predicted octanol–water partition coefficient (Wildman–Crippen LogP) is 0.964. The fourth-order valence-corrected chi connectivity index (χ4v) is 1.74. The van der Waals surface area contributed by atoms with Crippen molar-refractivity contribution in [2.45, 2.75) is 30.7 Å². The second-order valence-corrected chi connectivity index (χ2v) is 5.12. The summed E-state index contributed by atoms with van der Waals surface area (Å²) < 4.78 is 77.0. The number of thioether (sulfide) groups is 1. The van der Waals surface area contributed by atoms with Gasteiger partial charge in [-0.15, -0.1) is 0 Å². The van der Waals surface area contributed by atoms with Gasteiger partial charge >= 0.3 is 23.6 Å². The number of hydrogen-bond acceptors (Lipinski definition) is 5. The van der Waals surface area contributed by atoms with Crippen LogP contribution < -0.4 is 10.6 Å². The van der Waals surface area contributed by atoms with E-state index in [9.17, 15) is 40.7 Å². The molecule has 0 radical (unpaired) electrons. The summed E-state index contributed by atoms with van der Waals surface area (Å²) in [5.41, 5.74) is -4.82. The lowest BCUT2D eigenvalue weighted by atomic mass is 10.2. The lowest BCUT2D eigenvalue weighted by Gasteiger charge is -2.21. The summed E-state index contributed by atoms with van der Waals surface area (Å²) >= 11 is -0.795. The molecule has 0 rings (SSSR count). The summed E-state index contributed by atoms with van der Waals surface area (Å²) in [4.78, 5) is 33.5. The van der Waals surface area contributed by atoms with E-state index in [2.05, 4.69) is 4.74 Å². The summed E-state index contributed by atoms with van der Waals surface area (Å²) in [7, 11) is 0.966. The maximum Gasteiger partial charge on any atom is 0.471 e. The molecule has 0 aromatic carbocycles. The SMILES string of the molecule is COC(=O)[C@H](C)NC(=O)[C@H](CSC(F)(F)F)NC(=O)C(F)(F)F. The Kier molecular flexibility index (Phi) is 7.67. The van der Waals surface area contributed by atoms with Crippen molar-refractivity contribution in [2.24, 2.45) is 0 Å². The van der Waals surface area contributed by atoms with Crippen LogP contribution in [0.25, 0.3) is 0 Å². The van der Waals surface area contributed by atoms with Crippen molar-refractivity contribution in [1.29, 1.82) is 0 Å². The zero-order valence-corrected chi connectivity index (χ0v) is 12.5. The molecule has 23 heavy (non-hydrogen) atoms. The highest BCUT2D eigenvalue weighted by Gasteiger charge is 2.42. The second kappa shape index (κ2) is 8.26. The third kappa shape index (κ3) is 8.52. The van der Waals surface area contributed by atoms with E-state index in [-0.39, 0.29) is 0 Å². The van der Waals surface area contributed by atoms with Crippen LogP contribution >= 0.6 is 11.8 Å². The first-order valence-corrected chi connectivity index (χ1v) is 6.73. The highest BCUT2D eigenvalue weighted by molar-refractivity contribution is 8.00. The van der Waals surface area contributed by atoms with Crippen LogP contribution in [0.1, 0.15) is 6.92 Å². The van der Waals surface area contributed by atoms with Crippen LogP contribution in [0.3, 0.4) is 0 Å². The van der Waals surface area contributed by atoms with Crippen molar-refractivity contribution in [3.8, 4) is 0 Å². The van der Waals surface area contributed by atoms with E-state index in [4.69, 9.17) is 0 Å². The summed E-state index contributed by atoms with van der Waals surface area (Å²) in [6.07, 6.45) is -5.38. The minimum absolute atomic E-state index is 0.795. The van der Waals surface area contributed by atoms with Gasteiger partial charge < -0.3 is 15.4 Å². The molecule has 6 nitrogen and oxygen atoms in total. The Morgan fingerprint density at radius 1 is 1.09 bits per heavy atom. The van der Waals surface area contributed by atoms with Crippen LogP contribution in [-0.2, 0) is 19.1 Å². The smallest absolute Gasteiger partial charge is 0.467 e. The molecule has 0 heterocycles. The summed E-state index contributed by atoms with van der Waals surface area (Å²) in [5, 5.41) is 2.99. The molecule has 0 aliphatic rings. The van der Waals surface area contributed by atoms with Crippen molar-refractivity contribution < 1.29 is 45.5 Å². The number of methoxy groups -OCH3 is 1. The number of nitrogens with one attached hydrogen (secondary N) is 2. The van der Waals surface area contributed by atoms with Gasteiger partial charge in [0.2, 0.25) is 5.91 Å². The zero-order chi connectivity index (χ0) is 18.4. The summed E-state index contributed by atoms with van der Waals surface area (Å²) in [5.74, 6) is -6.14. The highest BCUT2D eigenvalue weighted by Crippen LogP contribution is 2.30. The zero-order valence-electron chi connectivity index (χ0n) is 11.7. The van der Waals surface area contributed by atoms with Gasteiger partial charge in [-0.1, -0.05) is 0 Å². The highest BCUT2D eigenvalue weighted by atomic mass is 32.2. The van der Waals surface area contributed by atoms with Gasteiger partial charge in [0, 0.05) is 5.75 Å². The largest absolute Gasteiger partial charge is 0.471 e. The molecule has 0 aromatic heterocycles. The van der Waals surface area contributed by atoms with Crippen LogP contribution in [0.2, 0.25) is 0 Å². The molecule has 0 fully saturated rings. The number of rotatable bonds is 6. The number of hydrogen-bond donors (Lipinski definition) is 2. The molecule has 0 spiro atoms. The Hall–Kier alpha value is -1.66. The fraction of sp³-hybridized carbons (Fsp3) is 0.700. The van der Waals surface area contributed by atoms with E-state index in [1.165, 1.54) is 0 Å². The van der Waals surface area contributed by atoms with Crippen LogP contribution in [-0.4, -0.2) is 54.4 Å². The number of carbonyl (C=O) groups excluding carboxylic acids is 3. The summed E-state index contributed by atoms with van der Waals surface area (Å²) in [6, 6.07) is -3.48. The molecule has 2 amide bonds. The Bertz CT molecular complexity index is 454. The molecule has 134 valence electrons. The molecular weight excluding hydrogens is 358 g/mol. The van der Waals surface area contributed by atoms with E-state index < -0.39 is 59.1 Å². The third-order valence-corrected chi connectivity index (χ3v) is 3.03. The molecule has 0 saturated carbocycles. The van der Waals surface area contributed by atoms with Crippen LogP contribution in [0.5, 0.6) is 0 Å². The van der Waals surface area contributed by atoms with Crippen LogP contribution in [0.4, 0.5) is 26.3 Å². The maximum atomic E-state index is 12.1. The standard InChI is InChI=1S/C10H12F6N2O4S/c1-4(7(20)22-2)17-6(19)5(3-23-10(14,15)16)18-8(21)9(11,12)13/h4-5H,3H2,1-2H3,(H,17,19)(H,18,21)/t4-,5-/m0/s1. The van der Waals surface area contributed by atoms with Gasteiger partial charge in [-0.3, -0.25) is 9.59 Å². The van der Waals surface area contributed by atoms with E-state index >= 15 is 0 Å². The maximum absolute atomic E-state index is 12.1. The molecule has 0 unspecified atom stereocenters. The first kappa shape index (κ1) is 21.3. The van der Waals surface area contributed by atoms with Crippen LogP contribution in [0, 0.1) is 0 Å². The Balaban J connectivity index is 4.99. The number of amides is 2. The minimum Gasteiger partial charge on any atom is -0.467 e. The lowest BCUT2D eigenvalue weighted by Crippen LogP contribution is -2.54. The predicted molar refractivity (Wildman–Crippen MR) is 66.1 cm³/mol. The average Bonchev–Trinajstić information content (AvgIpc) is 2.39. The quantitative estimate of drug-likeness (QED) is 0.538. The molecule has 13 heteroatoms. The average molecular weight is 370 g/mol. The van der Waals surface area contributed by atoms with Gasteiger partial charge in [-0.2, -0.15) is 26.3 Å². The number of ether oxygens (including phenoxy) is 1. The van der Waals surface area contributed by atoms with Gasteiger partial charge in [0.1, 0.15) is 12.1 Å². The van der Waals surface area contributed by atoms with E-state index in [1.807, 2.05) is 5.32 Å². The van der Waals surface area contributed by atoms with E-state index in [0.717, 1.165) is 19.4 Å². The number of esters is 1. The van der Waals surface area contributed by atoms with E-state index in [0.29, 0.717) is 0 Å². The molecule has 2 atom stereocenters. The minimum atomic E-state index is -5.38. The molecule has 2 N–H and O–H groups in total. The molecular formula is C10H12F6N2O4S. The molecule has 0 aliphatic heterocycles. The Labute approximate surface area is 130 Å². The topological polar surface area (TPSA) is 84.5 Å². The number of alkyl halides is 6. The number of carbonyl (C=O) groups is 3. The first-order valence-electron chi connectivity index (χ1n) is 5.74.